The molecule has 14 heavy (non-hydrogen) atoms. The van der Waals surface area contributed by atoms with Crippen molar-refractivity contribution in [2.45, 2.75) is 52.1 Å². The van der Waals surface area contributed by atoms with E-state index in [0.717, 1.165) is 19.5 Å². The van der Waals surface area contributed by atoms with E-state index in [0.29, 0.717) is 12.1 Å². The lowest BCUT2D eigenvalue weighted by atomic mass is 10.1. The van der Waals surface area contributed by atoms with Gasteiger partial charge in [0.2, 0.25) is 5.91 Å². The molecule has 0 aromatic rings. The summed E-state index contributed by atoms with van der Waals surface area (Å²) < 4.78 is 0. The van der Waals surface area contributed by atoms with E-state index in [1.807, 2.05) is 4.90 Å². The third kappa shape index (κ3) is 2.98. The quantitative estimate of drug-likeness (QED) is 0.740. The van der Waals surface area contributed by atoms with Crippen molar-refractivity contribution < 1.29 is 4.79 Å². The van der Waals surface area contributed by atoms with Gasteiger partial charge in [-0.05, 0) is 19.3 Å². The number of amides is 1. The molecule has 1 amide bonds. The van der Waals surface area contributed by atoms with Crippen LogP contribution in [0.3, 0.4) is 0 Å². The van der Waals surface area contributed by atoms with Crippen molar-refractivity contribution >= 4 is 5.91 Å². The Balaban J connectivity index is 2.31. The molecule has 1 atom stereocenters. The lowest BCUT2D eigenvalue weighted by molar-refractivity contribution is -0.127. The van der Waals surface area contributed by atoms with Gasteiger partial charge < -0.3 is 10.2 Å². The second-order valence-electron chi connectivity index (χ2n) is 4.13. The lowest BCUT2D eigenvalue weighted by Gasteiger charge is -2.20. The summed E-state index contributed by atoms with van der Waals surface area (Å²) in [6, 6.07) is 1.13. The first-order valence-corrected chi connectivity index (χ1v) is 5.68. The number of rotatable bonds is 4. The Kier molecular flexibility index (Phi) is 4.39. The molecule has 0 radical (unpaired) electrons. The van der Waals surface area contributed by atoms with Crippen LogP contribution in [0.25, 0.3) is 0 Å². The van der Waals surface area contributed by atoms with Gasteiger partial charge in [0.15, 0.2) is 0 Å². The first-order valence-electron chi connectivity index (χ1n) is 5.68. The van der Waals surface area contributed by atoms with Crippen molar-refractivity contribution in [2.24, 2.45) is 0 Å². The van der Waals surface area contributed by atoms with Gasteiger partial charge in [-0.2, -0.15) is 0 Å². The molecule has 3 nitrogen and oxygen atoms in total. The molecular weight excluding hydrogens is 176 g/mol. The second-order valence-corrected chi connectivity index (χ2v) is 4.13. The van der Waals surface area contributed by atoms with Crippen LogP contribution >= 0.6 is 0 Å². The van der Waals surface area contributed by atoms with E-state index in [2.05, 4.69) is 19.2 Å². The second kappa shape index (κ2) is 5.35. The number of nitrogens with zero attached hydrogens (tertiary/aromatic N) is 1. The number of carbonyl (C=O) groups excluding carboxylic acids is 1. The Hall–Kier alpha value is -0.570. The molecule has 0 aliphatic carbocycles. The summed E-state index contributed by atoms with van der Waals surface area (Å²) >= 11 is 0. The molecule has 1 saturated heterocycles. The molecule has 1 aliphatic rings. The summed E-state index contributed by atoms with van der Waals surface area (Å²) in [5.41, 5.74) is 0. The summed E-state index contributed by atoms with van der Waals surface area (Å²) in [5, 5.41) is 3.61. The smallest absolute Gasteiger partial charge is 0.219 e. The predicted molar refractivity (Wildman–Crippen MR) is 58.2 cm³/mol. The first-order chi connectivity index (χ1) is 6.67. The zero-order valence-electron chi connectivity index (χ0n) is 9.55. The van der Waals surface area contributed by atoms with Gasteiger partial charge in [-0.25, -0.2) is 0 Å². The number of nitrogens with one attached hydrogen (secondary N) is 1. The average molecular weight is 198 g/mol. The summed E-state index contributed by atoms with van der Waals surface area (Å²) in [6.45, 7) is 7.89. The third-order valence-electron chi connectivity index (χ3n) is 3.09. The van der Waals surface area contributed by atoms with Gasteiger partial charge in [-0.3, -0.25) is 4.79 Å². The molecule has 1 fully saturated rings. The van der Waals surface area contributed by atoms with Crippen molar-refractivity contribution in [1.82, 2.24) is 10.2 Å². The number of carbonyl (C=O) groups is 1. The third-order valence-corrected chi connectivity index (χ3v) is 3.09. The molecule has 0 spiro atoms. The van der Waals surface area contributed by atoms with Gasteiger partial charge in [0.05, 0.1) is 0 Å². The zero-order valence-corrected chi connectivity index (χ0v) is 9.55. The predicted octanol–water partition coefficient (Wildman–Crippen LogP) is 1.39. The van der Waals surface area contributed by atoms with E-state index in [9.17, 15) is 4.79 Å². The van der Waals surface area contributed by atoms with Gasteiger partial charge in [-0.1, -0.05) is 13.8 Å². The molecule has 0 aromatic carbocycles. The largest absolute Gasteiger partial charge is 0.341 e. The Labute approximate surface area is 86.9 Å². The zero-order chi connectivity index (χ0) is 10.6. The summed E-state index contributed by atoms with van der Waals surface area (Å²) in [6.07, 6.45) is 3.45. The topological polar surface area (TPSA) is 32.3 Å². The molecular formula is C11H22N2O. The average Bonchev–Trinajstić information content (AvgIpc) is 2.62. The standard InChI is InChI=1S/C11H22N2O/c1-4-10(5-2)12-11-6-7-13(8-11)9(3)14/h10-12H,4-8H2,1-3H3. The monoisotopic (exact) mass is 198 g/mol. The van der Waals surface area contributed by atoms with Gasteiger partial charge in [-0.15, -0.1) is 0 Å². The highest BCUT2D eigenvalue weighted by Crippen LogP contribution is 2.11. The SMILES string of the molecule is CCC(CC)NC1CCN(C(C)=O)C1. The van der Waals surface area contributed by atoms with Crippen LogP contribution in [-0.2, 0) is 4.79 Å². The van der Waals surface area contributed by atoms with E-state index in [1.54, 1.807) is 6.92 Å². The molecule has 1 rings (SSSR count). The van der Waals surface area contributed by atoms with E-state index in [4.69, 9.17) is 0 Å². The molecule has 0 aromatic heterocycles. The van der Waals surface area contributed by atoms with Gasteiger partial charge in [0.25, 0.3) is 0 Å². The van der Waals surface area contributed by atoms with Crippen LogP contribution < -0.4 is 5.32 Å². The van der Waals surface area contributed by atoms with Crippen LogP contribution in [0.1, 0.15) is 40.0 Å². The van der Waals surface area contributed by atoms with Crippen LogP contribution in [0, 0.1) is 0 Å². The maximum absolute atomic E-state index is 11.1. The summed E-state index contributed by atoms with van der Waals surface area (Å²) in [5.74, 6) is 0.207. The highest BCUT2D eigenvalue weighted by molar-refractivity contribution is 5.73. The van der Waals surface area contributed by atoms with Crippen LogP contribution in [0.15, 0.2) is 0 Å². The van der Waals surface area contributed by atoms with Crippen molar-refractivity contribution in [1.29, 1.82) is 0 Å². The normalized spacial score (nSPS) is 22.0. The Morgan fingerprint density at radius 2 is 2.14 bits per heavy atom. The van der Waals surface area contributed by atoms with E-state index < -0.39 is 0 Å². The fourth-order valence-corrected chi connectivity index (χ4v) is 2.04. The maximum Gasteiger partial charge on any atom is 0.219 e. The Bertz CT molecular complexity index is 190. The molecule has 1 unspecified atom stereocenters. The molecule has 0 bridgehead atoms. The van der Waals surface area contributed by atoms with Gasteiger partial charge in [0, 0.05) is 32.1 Å². The van der Waals surface area contributed by atoms with Gasteiger partial charge >= 0.3 is 0 Å². The summed E-state index contributed by atoms with van der Waals surface area (Å²) in [4.78, 5) is 13.0. The van der Waals surface area contributed by atoms with E-state index in [-0.39, 0.29) is 5.91 Å². The number of hydrogen-bond acceptors (Lipinski definition) is 2. The van der Waals surface area contributed by atoms with Crippen LogP contribution in [0.4, 0.5) is 0 Å². The summed E-state index contributed by atoms with van der Waals surface area (Å²) in [7, 11) is 0. The van der Waals surface area contributed by atoms with Crippen LogP contribution in [-0.4, -0.2) is 36.0 Å². The molecule has 3 heteroatoms. The van der Waals surface area contributed by atoms with Gasteiger partial charge in [0.1, 0.15) is 0 Å². The van der Waals surface area contributed by atoms with Crippen molar-refractivity contribution in [3.05, 3.63) is 0 Å². The fourth-order valence-electron chi connectivity index (χ4n) is 2.04. The molecule has 1 heterocycles. The Morgan fingerprint density at radius 1 is 1.50 bits per heavy atom. The molecule has 1 N–H and O–H groups in total. The minimum Gasteiger partial charge on any atom is -0.341 e. The molecule has 0 saturated carbocycles. The van der Waals surface area contributed by atoms with Crippen molar-refractivity contribution in [3.63, 3.8) is 0 Å². The molecule has 1 aliphatic heterocycles. The number of likely N-dealkylation sites (tertiary alicyclic amines) is 1. The number of hydrogen-bond donors (Lipinski definition) is 1. The fraction of sp³-hybridized carbons (Fsp3) is 0.909. The molecule has 82 valence electrons. The highest BCUT2D eigenvalue weighted by atomic mass is 16.2. The first kappa shape index (κ1) is 11.5. The Morgan fingerprint density at radius 3 is 2.57 bits per heavy atom. The van der Waals surface area contributed by atoms with Crippen molar-refractivity contribution in [2.75, 3.05) is 13.1 Å². The van der Waals surface area contributed by atoms with Crippen LogP contribution in [0.2, 0.25) is 0 Å². The van der Waals surface area contributed by atoms with Crippen molar-refractivity contribution in [3.8, 4) is 0 Å². The maximum atomic E-state index is 11.1. The van der Waals surface area contributed by atoms with Crippen LogP contribution in [0.5, 0.6) is 0 Å². The minimum atomic E-state index is 0.207. The van der Waals surface area contributed by atoms with E-state index in [1.165, 1.54) is 12.8 Å². The minimum absolute atomic E-state index is 0.207. The van der Waals surface area contributed by atoms with E-state index >= 15 is 0 Å². The highest BCUT2D eigenvalue weighted by Gasteiger charge is 2.24. The lowest BCUT2D eigenvalue weighted by Crippen LogP contribution is -2.40.